The monoisotopic (exact) mass is 368 g/mol. The number of amides is 2. The van der Waals surface area contributed by atoms with Crippen molar-refractivity contribution < 1.29 is 19.1 Å². The minimum Gasteiger partial charge on any atom is -0.468 e. The lowest BCUT2D eigenvalue weighted by Crippen LogP contribution is -2.36. The SMILES string of the molecule is COC(=O)CNC(=O)C1CC(=O)N(c2ccc(Br)c(C)c2)C1. The molecule has 1 aliphatic heterocycles. The molecule has 2 amide bonds. The van der Waals surface area contributed by atoms with Gasteiger partial charge in [-0.1, -0.05) is 15.9 Å². The highest BCUT2D eigenvalue weighted by atomic mass is 79.9. The third-order valence-electron chi connectivity index (χ3n) is 3.58. The van der Waals surface area contributed by atoms with E-state index in [-0.39, 0.29) is 24.8 Å². The molecule has 1 fully saturated rings. The number of halogens is 1. The van der Waals surface area contributed by atoms with Crippen LogP contribution in [0.1, 0.15) is 12.0 Å². The standard InChI is InChI=1S/C15H17BrN2O4/c1-9-5-11(3-4-12(9)16)18-8-10(6-13(18)19)15(21)17-7-14(20)22-2/h3-5,10H,6-8H2,1-2H3,(H,17,21). The van der Waals surface area contributed by atoms with Gasteiger partial charge in [0.25, 0.3) is 0 Å². The summed E-state index contributed by atoms with van der Waals surface area (Å²) in [5.41, 5.74) is 1.79. The van der Waals surface area contributed by atoms with E-state index >= 15 is 0 Å². The van der Waals surface area contributed by atoms with Crippen molar-refractivity contribution in [3.63, 3.8) is 0 Å². The number of nitrogens with zero attached hydrogens (tertiary/aromatic N) is 1. The number of aryl methyl sites for hydroxylation is 1. The zero-order chi connectivity index (χ0) is 16.3. The summed E-state index contributed by atoms with van der Waals surface area (Å²) in [6.07, 6.45) is 0.141. The normalized spacial score (nSPS) is 17.5. The summed E-state index contributed by atoms with van der Waals surface area (Å²) in [5, 5.41) is 2.49. The van der Waals surface area contributed by atoms with Crippen molar-refractivity contribution in [3.8, 4) is 0 Å². The average Bonchev–Trinajstić information content (AvgIpc) is 2.89. The summed E-state index contributed by atoms with van der Waals surface area (Å²) >= 11 is 3.42. The van der Waals surface area contributed by atoms with Crippen molar-refractivity contribution in [2.45, 2.75) is 13.3 Å². The van der Waals surface area contributed by atoms with E-state index in [1.165, 1.54) is 7.11 Å². The van der Waals surface area contributed by atoms with Crippen molar-refractivity contribution in [1.29, 1.82) is 0 Å². The first-order valence-electron chi connectivity index (χ1n) is 6.83. The molecule has 1 aromatic carbocycles. The van der Waals surface area contributed by atoms with Gasteiger partial charge in [0.05, 0.1) is 13.0 Å². The van der Waals surface area contributed by atoms with Gasteiger partial charge in [0.1, 0.15) is 6.54 Å². The Morgan fingerprint density at radius 2 is 2.18 bits per heavy atom. The number of carbonyl (C=O) groups is 3. The second kappa shape index (κ2) is 6.91. The number of anilines is 1. The van der Waals surface area contributed by atoms with Crippen LogP contribution in [0.2, 0.25) is 0 Å². The maximum Gasteiger partial charge on any atom is 0.325 e. The van der Waals surface area contributed by atoms with Gasteiger partial charge in [-0.15, -0.1) is 0 Å². The Hall–Kier alpha value is -1.89. The van der Waals surface area contributed by atoms with Crippen LogP contribution >= 0.6 is 15.9 Å². The highest BCUT2D eigenvalue weighted by molar-refractivity contribution is 9.10. The summed E-state index contributed by atoms with van der Waals surface area (Å²) in [5.74, 6) is -1.38. The van der Waals surface area contributed by atoms with E-state index in [9.17, 15) is 14.4 Å². The van der Waals surface area contributed by atoms with Crippen LogP contribution in [0.25, 0.3) is 0 Å². The summed E-state index contributed by atoms with van der Waals surface area (Å²) < 4.78 is 5.43. The second-order valence-corrected chi connectivity index (χ2v) is 5.99. The highest BCUT2D eigenvalue weighted by Crippen LogP contribution is 2.28. The van der Waals surface area contributed by atoms with Crippen LogP contribution in [0.5, 0.6) is 0 Å². The molecule has 1 atom stereocenters. The summed E-state index contributed by atoms with van der Waals surface area (Å²) in [7, 11) is 1.26. The van der Waals surface area contributed by atoms with Crippen LogP contribution < -0.4 is 10.2 Å². The first kappa shape index (κ1) is 16.5. The fraction of sp³-hybridized carbons (Fsp3) is 0.400. The molecule has 2 rings (SSSR count). The molecule has 0 bridgehead atoms. The van der Waals surface area contributed by atoms with Crippen molar-refractivity contribution in [2.24, 2.45) is 5.92 Å². The van der Waals surface area contributed by atoms with E-state index in [1.54, 1.807) is 4.90 Å². The van der Waals surface area contributed by atoms with Crippen LogP contribution in [0.3, 0.4) is 0 Å². The first-order chi connectivity index (χ1) is 10.4. The van der Waals surface area contributed by atoms with Gasteiger partial charge in [-0.25, -0.2) is 0 Å². The zero-order valence-corrected chi connectivity index (χ0v) is 14.0. The number of esters is 1. The maximum atomic E-state index is 12.1. The van der Waals surface area contributed by atoms with E-state index in [0.29, 0.717) is 6.54 Å². The van der Waals surface area contributed by atoms with Crippen molar-refractivity contribution in [3.05, 3.63) is 28.2 Å². The molecule has 1 N–H and O–H groups in total. The van der Waals surface area contributed by atoms with Crippen LogP contribution in [0.15, 0.2) is 22.7 Å². The van der Waals surface area contributed by atoms with E-state index in [4.69, 9.17) is 0 Å². The smallest absolute Gasteiger partial charge is 0.325 e. The number of methoxy groups -OCH3 is 1. The Bertz CT molecular complexity index is 618. The molecule has 0 spiro atoms. The number of ether oxygens (including phenoxy) is 1. The highest BCUT2D eigenvalue weighted by Gasteiger charge is 2.35. The third-order valence-corrected chi connectivity index (χ3v) is 4.47. The molecule has 6 nitrogen and oxygen atoms in total. The van der Waals surface area contributed by atoms with E-state index < -0.39 is 11.9 Å². The molecule has 0 radical (unpaired) electrons. The Balaban J connectivity index is 2.02. The van der Waals surface area contributed by atoms with Crippen LogP contribution in [0, 0.1) is 12.8 Å². The second-order valence-electron chi connectivity index (χ2n) is 5.13. The Morgan fingerprint density at radius 1 is 1.45 bits per heavy atom. The first-order valence-corrected chi connectivity index (χ1v) is 7.62. The Morgan fingerprint density at radius 3 is 2.82 bits per heavy atom. The molecule has 1 aliphatic rings. The van der Waals surface area contributed by atoms with Crippen molar-refractivity contribution in [1.82, 2.24) is 5.32 Å². The van der Waals surface area contributed by atoms with Gasteiger partial charge in [-0.2, -0.15) is 0 Å². The molecule has 118 valence electrons. The molecule has 1 aromatic rings. The number of rotatable bonds is 4. The van der Waals surface area contributed by atoms with Crippen LogP contribution in [-0.2, 0) is 19.1 Å². The minimum atomic E-state index is -0.516. The molecule has 1 heterocycles. The summed E-state index contributed by atoms with van der Waals surface area (Å²) in [6, 6.07) is 5.61. The Kier molecular flexibility index (Phi) is 5.18. The third kappa shape index (κ3) is 3.65. The van der Waals surface area contributed by atoms with Gasteiger partial charge in [0.2, 0.25) is 11.8 Å². The lowest BCUT2D eigenvalue weighted by atomic mass is 10.1. The molecule has 0 aromatic heterocycles. The topological polar surface area (TPSA) is 75.7 Å². The molecular formula is C15H17BrN2O4. The fourth-order valence-electron chi connectivity index (χ4n) is 2.31. The van der Waals surface area contributed by atoms with Gasteiger partial charge < -0.3 is 15.0 Å². The van der Waals surface area contributed by atoms with E-state index in [2.05, 4.69) is 26.0 Å². The number of nitrogens with one attached hydrogen (secondary N) is 1. The largest absolute Gasteiger partial charge is 0.468 e. The van der Waals surface area contributed by atoms with Crippen molar-refractivity contribution >= 4 is 39.4 Å². The number of hydrogen-bond donors (Lipinski definition) is 1. The number of hydrogen-bond acceptors (Lipinski definition) is 4. The van der Waals surface area contributed by atoms with Crippen LogP contribution in [-0.4, -0.2) is 38.0 Å². The maximum absolute atomic E-state index is 12.1. The molecule has 22 heavy (non-hydrogen) atoms. The van der Waals surface area contributed by atoms with Crippen LogP contribution in [0.4, 0.5) is 5.69 Å². The number of benzene rings is 1. The van der Waals surface area contributed by atoms with Gasteiger partial charge in [0, 0.05) is 23.1 Å². The van der Waals surface area contributed by atoms with Gasteiger partial charge in [0.15, 0.2) is 0 Å². The molecule has 0 saturated carbocycles. The van der Waals surface area contributed by atoms with Gasteiger partial charge in [-0.3, -0.25) is 14.4 Å². The zero-order valence-electron chi connectivity index (χ0n) is 12.4. The molecule has 1 saturated heterocycles. The van der Waals surface area contributed by atoms with Crippen molar-refractivity contribution in [2.75, 3.05) is 25.1 Å². The Labute approximate surface area is 136 Å². The molecule has 0 aliphatic carbocycles. The predicted octanol–water partition coefficient (Wildman–Crippen LogP) is 1.40. The lowest BCUT2D eigenvalue weighted by Gasteiger charge is -2.17. The average molecular weight is 369 g/mol. The van der Waals surface area contributed by atoms with E-state index in [1.807, 2.05) is 25.1 Å². The molecule has 7 heteroatoms. The predicted molar refractivity (Wildman–Crippen MR) is 84.4 cm³/mol. The molecule has 1 unspecified atom stereocenters. The van der Waals surface area contributed by atoms with Gasteiger partial charge >= 0.3 is 5.97 Å². The molecular weight excluding hydrogens is 352 g/mol. The summed E-state index contributed by atoms with van der Waals surface area (Å²) in [6.45, 7) is 2.07. The minimum absolute atomic E-state index is 0.0973. The quantitative estimate of drug-likeness (QED) is 0.815. The van der Waals surface area contributed by atoms with E-state index in [0.717, 1.165) is 15.7 Å². The van der Waals surface area contributed by atoms with Gasteiger partial charge in [-0.05, 0) is 30.7 Å². The number of carbonyl (C=O) groups excluding carboxylic acids is 3. The fourth-order valence-corrected chi connectivity index (χ4v) is 2.55. The lowest BCUT2D eigenvalue weighted by molar-refractivity contribution is -0.141. The summed E-state index contributed by atoms with van der Waals surface area (Å²) in [4.78, 5) is 36.8.